The van der Waals surface area contributed by atoms with Crippen molar-refractivity contribution >= 4 is 40.2 Å². The molecular formula is C22H19Cl2N5. The molecule has 0 saturated carbocycles. The van der Waals surface area contributed by atoms with Gasteiger partial charge in [-0.15, -0.1) is 0 Å². The number of para-hydroxylation sites is 1. The third kappa shape index (κ3) is 3.52. The van der Waals surface area contributed by atoms with Crippen LogP contribution >= 0.6 is 23.2 Å². The molecule has 1 fully saturated rings. The summed E-state index contributed by atoms with van der Waals surface area (Å²) in [7, 11) is 0. The third-order valence-corrected chi connectivity index (χ3v) is 5.85. The molecule has 5 nitrogen and oxygen atoms in total. The Balaban J connectivity index is 1.41. The molecular weight excluding hydrogens is 405 g/mol. The molecule has 0 aliphatic carbocycles. The zero-order valence-corrected chi connectivity index (χ0v) is 17.2. The highest BCUT2D eigenvalue weighted by Gasteiger charge is 2.22. The fraction of sp³-hybridized carbons (Fsp3) is 0.182. The van der Waals surface area contributed by atoms with Crippen molar-refractivity contribution in [2.75, 3.05) is 36.0 Å². The summed E-state index contributed by atoms with van der Waals surface area (Å²) in [5, 5.41) is 6.24. The van der Waals surface area contributed by atoms with Gasteiger partial charge in [0, 0.05) is 49.2 Å². The Hall–Kier alpha value is -2.76. The van der Waals surface area contributed by atoms with E-state index >= 15 is 0 Å². The molecule has 4 aromatic rings. The average Bonchev–Trinajstić information content (AvgIpc) is 3.19. The SMILES string of the molecule is Clc1ccc(-c2cc3c(N4CCN(c5ccccc5Cl)CC4)nccn3n2)cc1. The van der Waals surface area contributed by atoms with Crippen molar-refractivity contribution in [3.63, 3.8) is 0 Å². The molecule has 0 atom stereocenters. The van der Waals surface area contributed by atoms with Crippen molar-refractivity contribution in [1.29, 1.82) is 0 Å². The van der Waals surface area contributed by atoms with Gasteiger partial charge in [0.05, 0.1) is 16.4 Å². The highest BCUT2D eigenvalue weighted by Crippen LogP contribution is 2.29. The van der Waals surface area contributed by atoms with Crippen LogP contribution in [0.3, 0.4) is 0 Å². The van der Waals surface area contributed by atoms with E-state index in [1.807, 2.05) is 53.2 Å². The number of hydrogen-bond donors (Lipinski definition) is 0. The minimum absolute atomic E-state index is 0.719. The maximum Gasteiger partial charge on any atom is 0.154 e. The second kappa shape index (κ2) is 7.58. The van der Waals surface area contributed by atoms with Crippen LogP contribution in [0.5, 0.6) is 0 Å². The minimum Gasteiger partial charge on any atom is -0.367 e. The van der Waals surface area contributed by atoms with Crippen LogP contribution in [0.25, 0.3) is 16.8 Å². The van der Waals surface area contributed by atoms with E-state index in [2.05, 4.69) is 26.9 Å². The van der Waals surface area contributed by atoms with Gasteiger partial charge in [-0.05, 0) is 30.3 Å². The van der Waals surface area contributed by atoms with Gasteiger partial charge in [-0.1, -0.05) is 47.5 Å². The fourth-order valence-corrected chi connectivity index (χ4v) is 4.16. The summed E-state index contributed by atoms with van der Waals surface area (Å²) in [6.45, 7) is 3.54. The molecule has 0 spiro atoms. The number of aromatic nitrogens is 3. The van der Waals surface area contributed by atoms with Crippen LogP contribution in [-0.2, 0) is 0 Å². The van der Waals surface area contributed by atoms with Crippen LogP contribution in [0, 0.1) is 0 Å². The molecule has 3 heterocycles. The van der Waals surface area contributed by atoms with E-state index in [0.29, 0.717) is 0 Å². The van der Waals surface area contributed by atoms with Crippen LogP contribution in [0.1, 0.15) is 0 Å². The molecule has 2 aromatic heterocycles. The van der Waals surface area contributed by atoms with Gasteiger partial charge in [-0.2, -0.15) is 5.10 Å². The van der Waals surface area contributed by atoms with Crippen LogP contribution in [0.4, 0.5) is 11.5 Å². The molecule has 1 saturated heterocycles. The van der Waals surface area contributed by atoms with E-state index in [-0.39, 0.29) is 0 Å². The minimum atomic E-state index is 0.719. The van der Waals surface area contributed by atoms with E-state index < -0.39 is 0 Å². The lowest BCUT2D eigenvalue weighted by molar-refractivity contribution is 0.647. The Morgan fingerprint density at radius 1 is 0.828 bits per heavy atom. The standard InChI is InChI=1S/C22H19Cl2N5/c23-17-7-5-16(6-8-17)19-15-21-22(25-9-10-29(21)26-19)28-13-11-27(12-14-28)20-4-2-1-3-18(20)24/h1-10,15H,11-14H2. The third-order valence-electron chi connectivity index (χ3n) is 5.28. The maximum atomic E-state index is 6.37. The van der Waals surface area contributed by atoms with Gasteiger partial charge in [-0.25, -0.2) is 9.50 Å². The molecule has 7 heteroatoms. The lowest BCUT2D eigenvalue weighted by Crippen LogP contribution is -2.47. The predicted octanol–water partition coefficient (Wildman–Crippen LogP) is 5.03. The van der Waals surface area contributed by atoms with Crippen molar-refractivity contribution in [3.05, 3.63) is 77.0 Å². The zero-order chi connectivity index (χ0) is 19.8. The number of anilines is 2. The van der Waals surface area contributed by atoms with E-state index in [0.717, 1.165) is 64.5 Å². The molecule has 1 aliphatic heterocycles. The largest absolute Gasteiger partial charge is 0.367 e. The van der Waals surface area contributed by atoms with Crippen LogP contribution < -0.4 is 9.80 Å². The van der Waals surface area contributed by atoms with Gasteiger partial charge in [0.15, 0.2) is 5.82 Å². The first-order valence-corrected chi connectivity index (χ1v) is 10.3. The lowest BCUT2D eigenvalue weighted by Gasteiger charge is -2.37. The average molecular weight is 424 g/mol. The van der Waals surface area contributed by atoms with E-state index in [4.69, 9.17) is 28.3 Å². The lowest BCUT2D eigenvalue weighted by atomic mass is 10.1. The zero-order valence-electron chi connectivity index (χ0n) is 15.7. The summed E-state index contributed by atoms with van der Waals surface area (Å²) in [5.74, 6) is 0.957. The Morgan fingerprint density at radius 2 is 1.55 bits per heavy atom. The predicted molar refractivity (Wildman–Crippen MR) is 119 cm³/mol. The molecule has 146 valence electrons. The van der Waals surface area contributed by atoms with Crippen LogP contribution in [0.2, 0.25) is 10.0 Å². The summed E-state index contributed by atoms with van der Waals surface area (Å²) >= 11 is 12.4. The van der Waals surface area contributed by atoms with Gasteiger partial charge < -0.3 is 9.80 Å². The summed E-state index contributed by atoms with van der Waals surface area (Å²) in [6.07, 6.45) is 3.69. The summed E-state index contributed by atoms with van der Waals surface area (Å²) < 4.78 is 1.90. The number of rotatable bonds is 3. The molecule has 0 radical (unpaired) electrons. The molecule has 0 unspecified atom stereocenters. The molecule has 2 aromatic carbocycles. The Morgan fingerprint density at radius 3 is 2.31 bits per heavy atom. The molecule has 0 bridgehead atoms. The Bertz CT molecular complexity index is 1150. The Labute approximate surface area is 179 Å². The summed E-state index contributed by atoms with van der Waals surface area (Å²) in [4.78, 5) is 9.31. The molecule has 5 rings (SSSR count). The van der Waals surface area contributed by atoms with Crippen LogP contribution in [-0.4, -0.2) is 40.8 Å². The first-order chi connectivity index (χ1) is 14.2. The number of benzene rings is 2. The smallest absolute Gasteiger partial charge is 0.154 e. The van der Waals surface area contributed by atoms with Gasteiger partial charge in [0.2, 0.25) is 0 Å². The quantitative estimate of drug-likeness (QED) is 0.462. The second-order valence-electron chi connectivity index (χ2n) is 7.04. The number of fused-ring (bicyclic) bond motifs is 1. The van der Waals surface area contributed by atoms with Crippen LogP contribution in [0.15, 0.2) is 67.0 Å². The van der Waals surface area contributed by atoms with Gasteiger partial charge >= 0.3 is 0 Å². The molecule has 0 N–H and O–H groups in total. The van der Waals surface area contributed by atoms with E-state index in [1.165, 1.54) is 0 Å². The van der Waals surface area contributed by atoms with E-state index in [9.17, 15) is 0 Å². The fourth-order valence-electron chi connectivity index (χ4n) is 3.78. The van der Waals surface area contributed by atoms with Crippen molar-refractivity contribution in [1.82, 2.24) is 14.6 Å². The summed E-state index contributed by atoms with van der Waals surface area (Å²) in [6, 6.07) is 17.8. The highest BCUT2D eigenvalue weighted by molar-refractivity contribution is 6.33. The number of piperazine rings is 1. The molecule has 0 amide bonds. The monoisotopic (exact) mass is 423 g/mol. The number of halogens is 2. The van der Waals surface area contributed by atoms with Crippen molar-refractivity contribution < 1.29 is 0 Å². The first kappa shape index (κ1) is 18.3. The van der Waals surface area contributed by atoms with Gasteiger partial charge in [-0.3, -0.25) is 0 Å². The molecule has 29 heavy (non-hydrogen) atoms. The Kier molecular flexibility index (Phi) is 4.78. The molecule has 1 aliphatic rings. The second-order valence-corrected chi connectivity index (χ2v) is 7.89. The van der Waals surface area contributed by atoms with Crippen molar-refractivity contribution in [3.8, 4) is 11.3 Å². The summed E-state index contributed by atoms with van der Waals surface area (Å²) in [5.41, 5.74) is 4.04. The van der Waals surface area contributed by atoms with Gasteiger partial charge in [0.25, 0.3) is 0 Å². The topological polar surface area (TPSA) is 36.7 Å². The maximum absolute atomic E-state index is 6.37. The van der Waals surface area contributed by atoms with Gasteiger partial charge in [0.1, 0.15) is 5.52 Å². The van der Waals surface area contributed by atoms with E-state index in [1.54, 1.807) is 6.20 Å². The van der Waals surface area contributed by atoms with Crippen molar-refractivity contribution in [2.45, 2.75) is 0 Å². The van der Waals surface area contributed by atoms with Crippen molar-refractivity contribution in [2.24, 2.45) is 0 Å². The normalized spacial score (nSPS) is 14.6. The highest BCUT2D eigenvalue weighted by atomic mass is 35.5. The number of nitrogens with zero attached hydrogens (tertiary/aromatic N) is 5. The number of hydrogen-bond acceptors (Lipinski definition) is 4. The first-order valence-electron chi connectivity index (χ1n) is 9.54.